The van der Waals surface area contributed by atoms with Gasteiger partial charge < -0.3 is 10.1 Å². The molecule has 1 aliphatic heterocycles. The highest BCUT2D eigenvalue weighted by Gasteiger charge is 2.36. The van der Waals surface area contributed by atoms with Crippen molar-refractivity contribution in [2.75, 3.05) is 16.8 Å². The van der Waals surface area contributed by atoms with Crippen LogP contribution in [0, 0.1) is 0 Å². The molecule has 3 aromatic rings. The van der Waals surface area contributed by atoms with Crippen molar-refractivity contribution in [1.29, 1.82) is 0 Å². The molecule has 3 aromatic carbocycles. The average molecular weight is 456 g/mol. The summed E-state index contributed by atoms with van der Waals surface area (Å²) in [5.74, 6) is -2.27. The molecule has 34 heavy (non-hydrogen) atoms. The van der Waals surface area contributed by atoms with Gasteiger partial charge in [-0.3, -0.25) is 19.2 Å². The van der Waals surface area contributed by atoms with Crippen LogP contribution in [-0.2, 0) is 9.53 Å². The minimum atomic E-state index is -0.765. The van der Waals surface area contributed by atoms with Crippen molar-refractivity contribution >= 4 is 40.8 Å². The van der Waals surface area contributed by atoms with E-state index in [-0.39, 0.29) is 17.2 Å². The van der Waals surface area contributed by atoms with Crippen LogP contribution in [0.4, 0.5) is 11.4 Å². The Labute approximate surface area is 195 Å². The number of hydrogen-bond acceptors (Lipinski definition) is 6. The second-order valence-corrected chi connectivity index (χ2v) is 7.52. The van der Waals surface area contributed by atoms with Crippen molar-refractivity contribution < 1.29 is 28.7 Å². The minimum absolute atomic E-state index is 0.0967. The van der Waals surface area contributed by atoms with Gasteiger partial charge in [0.1, 0.15) is 0 Å². The molecule has 0 saturated carbocycles. The summed E-state index contributed by atoms with van der Waals surface area (Å²) in [5, 5.41) is 2.68. The summed E-state index contributed by atoms with van der Waals surface area (Å²) < 4.78 is 5.14. The quantitative estimate of drug-likeness (QED) is 0.328. The van der Waals surface area contributed by atoms with Crippen molar-refractivity contribution in [2.45, 2.75) is 13.3 Å². The number of nitrogens with one attached hydrogen (secondary N) is 1. The SMILES string of the molecule is CCC(=O)Nc1ccc(C(=O)COC(=O)c2cccc(N3C(=O)c4ccccc4C3=O)c2)cc1. The van der Waals surface area contributed by atoms with E-state index in [1.165, 1.54) is 30.3 Å². The molecule has 0 aliphatic carbocycles. The molecule has 3 amide bonds. The third-order valence-electron chi connectivity index (χ3n) is 5.28. The zero-order valence-corrected chi connectivity index (χ0v) is 18.2. The number of fused-ring (bicyclic) bond motifs is 1. The van der Waals surface area contributed by atoms with Gasteiger partial charge in [-0.05, 0) is 54.6 Å². The number of ether oxygens (including phenoxy) is 1. The summed E-state index contributed by atoms with van der Waals surface area (Å²) >= 11 is 0. The van der Waals surface area contributed by atoms with Gasteiger partial charge in [0.2, 0.25) is 5.91 Å². The summed E-state index contributed by atoms with van der Waals surface area (Å²) in [6, 6.07) is 18.7. The fourth-order valence-electron chi connectivity index (χ4n) is 3.48. The first-order valence-electron chi connectivity index (χ1n) is 10.6. The molecule has 0 aromatic heterocycles. The Hall–Kier alpha value is -4.59. The van der Waals surface area contributed by atoms with Crippen molar-refractivity contribution in [3.63, 3.8) is 0 Å². The number of carbonyl (C=O) groups is 5. The molecule has 8 nitrogen and oxygen atoms in total. The van der Waals surface area contributed by atoms with Crippen LogP contribution in [0.1, 0.15) is 54.8 Å². The van der Waals surface area contributed by atoms with E-state index < -0.39 is 30.2 Å². The van der Waals surface area contributed by atoms with Crippen LogP contribution in [-0.4, -0.2) is 36.1 Å². The molecule has 0 radical (unpaired) electrons. The molecule has 0 atom stereocenters. The minimum Gasteiger partial charge on any atom is -0.454 e. The Morgan fingerprint density at radius 1 is 0.824 bits per heavy atom. The second-order valence-electron chi connectivity index (χ2n) is 7.52. The molecule has 0 spiro atoms. The summed E-state index contributed by atoms with van der Waals surface area (Å²) in [6.45, 7) is 1.24. The van der Waals surface area contributed by atoms with Gasteiger partial charge in [0, 0.05) is 17.7 Å². The van der Waals surface area contributed by atoms with Crippen LogP contribution in [0.15, 0.2) is 72.8 Å². The Morgan fingerprint density at radius 3 is 2.09 bits per heavy atom. The number of carbonyl (C=O) groups excluding carboxylic acids is 5. The van der Waals surface area contributed by atoms with Crippen molar-refractivity contribution in [3.05, 3.63) is 95.1 Å². The molecule has 4 rings (SSSR count). The largest absolute Gasteiger partial charge is 0.454 e. The molecule has 0 fully saturated rings. The first-order chi connectivity index (χ1) is 16.4. The number of rotatable bonds is 7. The molecule has 0 saturated heterocycles. The number of Topliss-reactive ketones (excluding diaryl/α,β-unsaturated/α-hetero) is 1. The topological polar surface area (TPSA) is 110 Å². The van der Waals surface area contributed by atoms with Crippen LogP contribution in [0.2, 0.25) is 0 Å². The molecule has 1 aliphatic rings. The Balaban J connectivity index is 1.41. The Kier molecular flexibility index (Phi) is 6.31. The predicted octanol–water partition coefficient (Wildman–Crippen LogP) is 3.88. The predicted molar refractivity (Wildman–Crippen MR) is 124 cm³/mol. The standard InChI is InChI=1S/C26H20N2O6/c1-2-23(30)27-18-12-10-16(11-13-18)22(29)15-34-26(33)17-6-5-7-19(14-17)28-24(31)20-8-3-4-9-21(20)25(28)32/h3-14H,2,15H2,1H3,(H,27,30). The zero-order valence-electron chi connectivity index (χ0n) is 18.2. The molecular formula is C26H20N2O6. The smallest absolute Gasteiger partial charge is 0.338 e. The van der Waals surface area contributed by atoms with Gasteiger partial charge in [-0.15, -0.1) is 0 Å². The lowest BCUT2D eigenvalue weighted by Crippen LogP contribution is -2.29. The number of imide groups is 1. The molecule has 170 valence electrons. The molecule has 1 N–H and O–H groups in total. The normalized spacial score (nSPS) is 12.3. The average Bonchev–Trinajstić information content (AvgIpc) is 3.12. The third-order valence-corrected chi connectivity index (χ3v) is 5.28. The lowest BCUT2D eigenvalue weighted by atomic mass is 10.1. The summed E-state index contributed by atoms with van der Waals surface area (Å²) in [5.41, 5.74) is 1.81. The number of nitrogens with zero attached hydrogens (tertiary/aromatic N) is 1. The van der Waals surface area contributed by atoms with Crippen LogP contribution in [0.5, 0.6) is 0 Å². The van der Waals surface area contributed by atoms with E-state index in [4.69, 9.17) is 4.74 Å². The van der Waals surface area contributed by atoms with E-state index in [9.17, 15) is 24.0 Å². The zero-order chi connectivity index (χ0) is 24.2. The van der Waals surface area contributed by atoms with Gasteiger partial charge in [-0.1, -0.05) is 25.1 Å². The number of anilines is 2. The first kappa shape index (κ1) is 22.6. The molecule has 0 bridgehead atoms. The fraction of sp³-hybridized carbons (Fsp3) is 0.115. The highest BCUT2D eigenvalue weighted by atomic mass is 16.5. The van der Waals surface area contributed by atoms with Crippen molar-refractivity contribution in [1.82, 2.24) is 0 Å². The Bertz CT molecular complexity index is 1280. The van der Waals surface area contributed by atoms with Gasteiger partial charge in [0.15, 0.2) is 12.4 Å². The van der Waals surface area contributed by atoms with E-state index in [0.29, 0.717) is 28.8 Å². The maximum atomic E-state index is 12.7. The van der Waals surface area contributed by atoms with Gasteiger partial charge >= 0.3 is 5.97 Å². The van der Waals surface area contributed by atoms with Crippen molar-refractivity contribution in [2.24, 2.45) is 0 Å². The van der Waals surface area contributed by atoms with Crippen molar-refractivity contribution in [3.8, 4) is 0 Å². The summed E-state index contributed by atoms with van der Waals surface area (Å²) in [6.07, 6.45) is 0.338. The maximum Gasteiger partial charge on any atom is 0.338 e. The third kappa shape index (κ3) is 4.47. The first-order valence-corrected chi connectivity index (χ1v) is 10.6. The second kappa shape index (κ2) is 9.50. The van der Waals surface area contributed by atoms with Crippen LogP contribution in [0.25, 0.3) is 0 Å². The van der Waals surface area contributed by atoms with E-state index in [1.807, 2.05) is 0 Å². The number of esters is 1. The molecule has 1 heterocycles. The van der Waals surface area contributed by atoms with E-state index in [2.05, 4.69) is 5.32 Å². The maximum absolute atomic E-state index is 12.7. The monoisotopic (exact) mass is 456 g/mol. The molecular weight excluding hydrogens is 436 g/mol. The molecule has 8 heteroatoms. The van der Waals surface area contributed by atoms with Crippen LogP contribution >= 0.6 is 0 Å². The number of amides is 3. The number of benzene rings is 3. The highest BCUT2D eigenvalue weighted by Crippen LogP contribution is 2.28. The summed E-state index contributed by atoms with van der Waals surface area (Å²) in [4.78, 5) is 62.7. The van der Waals surface area contributed by atoms with E-state index in [1.54, 1.807) is 49.4 Å². The van der Waals surface area contributed by atoms with E-state index in [0.717, 1.165) is 4.90 Å². The highest BCUT2D eigenvalue weighted by molar-refractivity contribution is 6.34. The lowest BCUT2D eigenvalue weighted by molar-refractivity contribution is -0.115. The van der Waals surface area contributed by atoms with Gasteiger partial charge in [-0.2, -0.15) is 0 Å². The van der Waals surface area contributed by atoms with Crippen LogP contribution in [0.3, 0.4) is 0 Å². The fourth-order valence-corrected chi connectivity index (χ4v) is 3.48. The van der Waals surface area contributed by atoms with Gasteiger partial charge in [-0.25, -0.2) is 9.69 Å². The lowest BCUT2D eigenvalue weighted by Gasteiger charge is -2.14. The Morgan fingerprint density at radius 2 is 1.47 bits per heavy atom. The molecule has 0 unspecified atom stereocenters. The number of ketones is 1. The number of hydrogen-bond donors (Lipinski definition) is 1. The van der Waals surface area contributed by atoms with Gasteiger partial charge in [0.05, 0.1) is 22.4 Å². The summed E-state index contributed by atoms with van der Waals surface area (Å²) in [7, 11) is 0. The van der Waals surface area contributed by atoms with Gasteiger partial charge in [0.25, 0.3) is 11.8 Å². The van der Waals surface area contributed by atoms with Crippen LogP contribution < -0.4 is 10.2 Å². The van der Waals surface area contributed by atoms with E-state index >= 15 is 0 Å².